The average molecular weight is 325 g/mol. The van der Waals surface area contributed by atoms with E-state index < -0.39 is 17.8 Å². The highest BCUT2D eigenvalue weighted by Gasteiger charge is 2.32. The zero-order valence-corrected chi connectivity index (χ0v) is 13.5. The Bertz CT molecular complexity index is 548. The molecule has 1 aliphatic heterocycles. The largest absolute Gasteiger partial charge is 0.416 e. The highest BCUT2D eigenvalue weighted by molar-refractivity contribution is 5.30. The summed E-state index contributed by atoms with van der Waals surface area (Å²) >= 11 is 0. The van der Waals surface area contributed by atoms with Crippen molar-refractivity contribution in [3.05, 3.63) is 35.4 Å². The van der Waals surface area contributed by atoms with Crippen molar-refractivity contribution in [3.63, 3.8) is 0 Å². The van der Waals surface area contributed by atoms with Crippen molar-refractivity contribution in [2.45, 2.75) is 38.5 Å². The van der Waals surface area contributed by atoms with Gasteiger partial charge in [-0.2, -0.15) is 18.4 Å². The molecule has 0 N–H and O–H groups in total. The monoisotopic (exact) mass is 325 g/mol. The van der Waals surface area contributed by atoms with Gasteiger partial charge < -0.3 is 0 Å². The van der Waals surface area contributed by atoms with Gasteiger partial charge in [0.15, 0.2) is 0 Å². The van der Waals surface area contributed by atoms with Gasteiger partial charge in [-0.1, -0.05) is 19.1 Å². The number of hydrogen-bond donors (Lipinski definition) is 0. The Hall–Kier alpha value is -1.58. The standard InChI is InChI=1S/C17H22F3N3/c1-3-8-22-9-10-23(12-13(22)2)16(11-21)14-4-6-15(7-5-14)17(18,19)20/h4-7,13,16H,3,8-10,12H2,1-2H3. The maximum absolute atomic E-state index is 12.6. The van der Waals surface area contributed by atoms with E-state index in [0.717, 1.165) is 44.7 Å². The molecule has 0 aliphatic carbocycles. The van der Waals surface area contributed by atoms with Gasteiger partial charge in [-0.05, 0) is 37.6 Å². The molecule has 1 heterocycles. The topological polar surface area (TPSA) is 30.3 Å². The average Bonchev–Trinajstić information content (AvgIpc) is 2.50. The molecule has 0 bridgehead atoms. The third-order valence-electron chi connectivity index (χ3n) is 4.35. The minimum Gasteiger partial charge on any atom is -0.298 e. The predicted octanol–water partition coefficient (Wildman–Crippen LogP) is 3.69. The first-order chi connectivity index (χ1) is 10.9. The quantitative estimate of drug-likeness (QED) is 0.846. The van der Waals surface area contributed by atoms with E-state index >= 15 is 0 Å². The van der Waals surface area contributed by atoms with E-state index in [-0.39, 0.29) is 0 Å². The number of alkyl halides is 3. The van der Waals surface area contributed by atoms with Gasteiger partial charge in [0.05, 0.1) is 11.6 Å². The molecule has 0 aromatic heterocycles. The molecule has 0 spiro atoms. The number of piperazine rings is 1. The lowest BCUT2D eigenvalue weighted by Crippen LogP contribution is -2.52. The molecule has 1 aliphatic rings. The SMILES string of the molecule is CCCN1CCN(C(C#N)c2ccc(C(F)(F)F)cc2)CC1C. The van der Waals surface area contributed by atoms with Crippen molar-refractivity contribution in [3.8, 4) is 6.07 Å². The molecule has 6 heteroatoms. The number of rotatable bonds is 4. The van der Waals surface area contributed by atoms with E-state index in [2.05, 4.69) is 29.7 Å². The lowest BCUT2D eigenvalue weighted by molar-refractivity contribution is -0.137. The van der Waals surface area contributed by atoms with Crippen LogP contribution < -0.4 is 0 Å². The summed E-state index contributed by atoms with van der Waals surface area (Å²) < 4.78 is 37.9. The van der Waals surface area contributed by atoms with Gasteiger partial charge in [-0.15, -0.1) is 0 Å². The summed E-state index contributed by atoms with van der Waals surface area (Å²) in [5.74, 6) is 0. The number of nitrogens with zero attached hydrogens (tertiary/aromatic N) is 3. The molecule has 3 nitrogen and oxygen atoms in total. The molecule has 0 radical (unpaired) electrons. The van der Waals surface area contributed by atoms with Crippen LogP contribution in [-0.4, -0.2) is 42.0 Å². The van der Waals surface area contributed by atoms with Crippen molar-refractivity contribution >= 4 is 0 Å². The van der Waals surface area contributed by atoms with Crippen molar-refractivity contribution in [1.29, 1.82) is 5.26 Å². The third-order valence-corrected chi connectivity index (χ3v) is 4.35. The summed E-state index contributed by atoms with van der Waals surface area (Å²) in [6, 6.07) is 7.02. The molecule has 2 rings (SSSR count). The van der Waals surface area contributed by atoms with Crippen molar-refractivity contribution < 1.29 is 13.2 Å². The molecule has 0 amide bonds. The summed E-state index contributed by atoms with van der Waals surface area (Å²) in [7, 11) is 0. The smallest absolute Gasteiger partial charge is 0.298 e. The Balaban J connectivity index is 2.10. The molecule has 1 fully saturated rings. The maximum atomic E-state index is 12.6. The molecule has 1 saturated heterocycles. The van der Waals surface area contributed by atoms with Crippen molar-refractivity contribution in [1.82, 2.24) is 9.80 Å². The Morgan fingerprint density at radius 2 is 1.91 bits per heavy atom. The Kier molecular flexibility index (Phi) is 5.66. The van der Waals surface area contributed by atoms with E-state index in [1.54, 1.807) is 0 Å². The van der Waals surface area contributed by atoms with Gasteiger partial charge in [0.2, 0.25) is 0 Å². The minimum absolute atomic E-state index is 0.342. The maximum Gasteiger partial charge on any atom is 0.416 e. The Morgan fingerprint density at radius 3 is 2.39 bits per heavy atom. The zero-order valence-electron chi connectivity index (χ0n) is 13.5. The van der Waals surface area contributed by atoms with Crippen LogP contribution in [0.2, 0.25) is 0 Å². The number of hydrogen-bond acceptors (Lipinski definition) is 3. The van der Waals surface area contributed by atoms with E-state index in [0.29, 0.717) is 11.6 Å². The van der Waals surface area contributed by atoms with Crippen LogP contribution >= 0.6 is 0 Å². The molecule has 0 saturated carbocycles. The summed E-state index contributed by atoms with van der Waals surface area (Å²) in [6.45, 7) is 7.69. The molecule has 1 aromatic rings. The number of halogens is 3. The van der Waals surface area contributed by atoms with Crippen LogP contribution in [0.5, 0.6) is 0 Å². The van der Waals surface area contributed by atoms with Crippen LogP contribution in [0.4, 0.5) is 13.2 Å². The first-order valence-corrected chi connectivity index (χ1v) is 7.91. The molecule has 2 atom stereocenters. The molecular formula is C17H22F3N3. The summed E-state index contributed by atoms with van der Waals surface area (Å²) in [5, 5.41) is 9.49. The number of nitriles is 1. The van der Waals surface area contributed by atoms with Crippen molar-refractivity contribution in [2.75, 3.05) is 26.2 Å². The highest BCUT2D eigenvalue weighted by atomic mass is 19.4. The second-order valence-electron chi connectivity index (χ2n) is 6.03. The Labute approximate surface area is 135 Å². The van der Waals surface area contributed by atoms with Crippen LogP contribution in [0, 0.1) is 11.3 Å². The van der Waals surface area contributed by atoms with Crippen LogP contribution in [0.15, 0.2) is 24.3 Å². The fourth-order valence-corrected chi connectivity index (χ4v) is 3.10. The van der Waals surface area contributed by atoms with Crippen molar-refractivity contribution in [2.24, 2.45) is 0 Å². The highest BCUT2D eigenvalue weighted by Crippen LogP contribution is 2.31. The Morgan fingerprint density at radius 1 is 1.26 bits per heavy atom. The lowest BCUT2D eigenvalue weighted by atomic mass is 10.0. The summed E-state index contributed by atoms with van der Waals surface area (Å²) in [4.78, 5) is 4.44. The normalized spacial score (nSPS) is 21.8. The molecule has 23 heavy (non-hydrogen) atoms. The third kappa shape index (κ3) is 4.24. The lowest BCUT2D eigenvalue weighted by Gasteiger charge is -2.41. The van der Waals surface area contributed by atoms with Gasteiger partial charge >= 0.3 is 6.18 Å². The molecule has 126 valence electrons. The predicted molar refractivity (Wildman–Crippen MR) is 82.7 cm³/mol. The van der Waals surface area contributed by atoms with Crippen LogP contribution in [0.1, 0.15) is 37.4 Å². The fourth-order valence-electron chi connectivity index (χ4n) is 3.10. The van der Waals surface area contributed by atoms with E-state index in [4.69, 9.17) is 0 Å². The fraction of sp³-hybridized carbons (Fsp3) is 0.588. The first kappa shape index (κ1) is 17.8. The summed E-state index contributed by atoms with van der Waals surface area (Å²) in [5.41, 5.74) is -0.0595. The minimum atomic E-state index is -4.35. The number of benzene rings is 1. The van der Waals surface area contributed by atoms with Gasteiger partial charge in [0.25, 0.3) is 0 Å². The van der Waals surface area contributed by atoms with Gasteiger partial charge in [0.1, 0.15) is 6.04 Å². The van der Waals surface area contributed by atoms with Gasteiger partial charge in [-0.25, -0.2) is 0 Å². The molecular weight excluding hydrogens is 303 g/mol. The second kappa shape index (κ2) is 7.33. The molecule has 2 unspecified atom stereocenters. The first-order valence-electron chi connectivity index (χ1n) is 7.91. The van der Waals surface area contributed by atoms with Gasteiger partial charge in [0, 0.05) is 25.7 Å². The van der Waals surface area contributed by atoms with Crippen LogP contribution in [0.3, 0.4) is 0 Å². The zero-order chi connectivity index (χ0) is 17.0. The second-order valence-corrected chi connectivity index (χ2v) is 6.03. The van der Waals surface area contributed by atoms with E-state index in [9.17, 15) is 18.4 Å². The molecule has 1 aromatic carbocycles. The van der Waals surface area contributed by atoms with Crippen LogP contribution in [0.25, 0.3) is 0 Å². The van der Waals surface area contributed by atoms with E-state index in [1.165, 1.54) is 12.1 Å². The van der Waals surface area contributed by atoms with Crippen LogP contribution in [-0.2, 0) is 6.18 Å². The van der Waals surface area contributed by atoms with Gasteiger partial charge in [-0.3, -0.25) is 9.80 Å². The summed E-state index contributed by atoms with van der Waals surface area (Å²) in [6.07, 6.45) is -3.26. The van der Waals surface area contributed by atoms with E-state index in [1.807, 2.05) is 0 Å².